The second-order valence-corrected chi connectivity index (χ2v) is 2.25. The molecule has 0 aromatic carbocycles. The van der Waals surface area contributed by atoms with Crippen LogP contribution in [-0.4, -0.2) is 46.7 Å². The quantitative estimate of drug-likeness (QED) is 0.508. The smallest absolute Gasteiger partial charge is 0.0106 e. The topological polar surface area (TPSA) is 41.3 Å². The summed E-state index contributed by atoms with van der Waals surface area (Å²) >= 11 is 0. The van der Waals surface area contributed by atoms with E-state index in [1.54, 1.807) is 0 Å². The second-order valence-electron chi connectivity index (χ2n) is 2.25. The van der Waals surface area contributed by atoms with Crippen LogP contribution in [0.4, 0.5) is 0 Å². The molecule has 10 heavy (non-hydrogen) atoms. The molecule has 0 rings (SSSR count). The molecule has 0 aliphatic carbocycles. The summed E-state index contributed by atoms with van der Waals surface area (Å²) in [6.45, 7) is 2.65. The highest BCUT2D eigenvalue weighted by Crippen LogP contribution is 1.47. The van der Waals surface area contributed by atoms with E-state index in [-0.39, 0.29) is 0 Å². The molecule has 0 saturated heterocycles. The van der Waals surface area contributed by atoms with Crippen molar-refractivity contribution in [2.75, 3.05) is 41.8 Å². The minimum atomic E-state index is 0.750. The highest BCUT2D eigenvalue weighted by Gasteiger charge is 1.58. The first-order valence-corrected chi connectivity index (χ1v) is 3.46. The minimum absolute atomic E-state index is 0.750. The third-order valence-corrected chi connectivity index (χ3v) is 0. The van der Waals surface area contributed by atoms with Gasteiger partial charge in [-0.1, -0.05) is 6.92 Å². The largest absolute Gasteiger partial charge is 0.331 e. The number of nitrogens with one attached hydrogen (secondary N) is 1. The van der Waals surface area contributed by atoms with E-state index < -0.39 is 0 Å². The van der Waals surface area contributed by atoms with E-state index in [0.29, 0.717) is 0 Å². The summed E-state index contributed by atoms with van der Waals surface area (Å²) in [5.41, 5.74) is 4.85. The zero-order chi connectivity index (χ0) is 8.99. The van der Waals surface area contributed by atoms with Crippen molar-refractivity contribution in [2.45, 2.75) is 6.92 Å². The molecule has 0 atom stereocenters. The van der Waals surface area contributed by atoms with Gasteiger partial charge in [0.2, 0.25) is 0 Å². The maximum Gasteiger partial charge on any atom is -0.0106 e. The average molecular weight is 149 g/mol. The Balaban J connectivity index is -0.0000000750. The molecule has 0 heterocycles. The Kier molecular flexibility index (Phi) is 38.1. The van der Waals surface area contributed by atoms with Gasteiger partial charge in [-0.15, -0.1) is 0 Å². The van der Waals surface area contributed by atoms with Crippen molar-refractivity contribution in [3.05, 3.63) is 0 Å². The van der Waals surface area contributed by atoms with Crippen LogP contribution >= 0.6 is 0 Å². The Morgan fingerprint density at radius 3 is 1.20 bits per heavy atom. The van der Waals surface area contributed by atoms with Crippen LogP contribution in [0.25, 0.3) is 0 Å². The van der Waals surface area contributed by atoms with E-state index in [9.17, 15) is 0 Å². The van der Waals surface area contributed by atoms with Gasteiger partial charge in [0.05, 0.1) is 0 Å². The van der Waals surface area contributed by atoms with E-state index in [1.807, 2.05) is 47.1 Å². The Bertz CT molecular complexity index is 25.3. The van der Waals surface area contributed by atoms with Crippen LogP contribution in [0, 0.1) is 0 Å². The lowest BCUT2D eigenvalue weighted by molar-refractivity contribution is 0.505. The maximum atomic E-state index is 4.85. The molecule has 0 radical (unpaired) electrons. The monoisotopic (exact) mass is 149 g/mol. The fourth-order valence-corrected chi connectivity index (χ4v) is 0. The molecule has 0 saturated carbocycles. The normalized spacial score (nSPS) is 7.20. The summed E-state index contributed by atoms with van der Waals surface area (Å²) in [5.74, 6) is 0. The molecule has 0 fully saturated rings. The molecule has 0 aliphatic heterocycles. The fourth-order valence-electron chi connectivity index (χ4n) is 0. The number of nitrogens with two attached hydrogens (primary N) is 1. The van der Waals surface area contributed by atoms with Crippen molar-refractivity contribution in [3.63, 3.8) is 0 Å². The van der Waals surface area contributed by atoms with Crippen LogP contribution in [0.1, 0.15) is 6.92 Å². The van der Waals surface area contributed by atoms with Crippen molar-refractivity contribution in [3.8, 4) is 0 Å². The fraction of sp³-hybridized carbons (Fsp3) is 1.00. The van der Waals surface area contributed by atoms with Crippen molar-refractivity contribution >= 4 is 0 Å². The molecule has 3 N–H and O–H groups in total. The van der Waals surface area contributed by atoms with E-state index >= 15 is 0 Å². The number of hydrogen-bond acceptors (Lipinski definition) is 3. The zero-order valence-electron chi connectivity index (χ0n) is 8.23. The number of hydrogen-bond donors (Lipinski definition) is 2. The van der Waals surface area contributed by atoms with Gasteiger partial charge in [-0.05, 0) is 41.8 Å². The molecule has 0 spiro atoms. The molecule has 3 nitrogen and oxygen atoms in total. The highest BCUT2D eigenvalue weighted by molar-refractivity contribution is 4.09. The summed E-state index contributed by atoms with van der Waals surface area (Å²) in [5, 5.41) is 2.75. The lowest BCUT2D eigenvalue weighted by Crippen LogP contribution is -1.99. The molecule has 3 heteroatoms. The molecule has 0 bridgehead atoms. The van der Waals surface area contributed by atoms with Gasteiger partial charge in [-0.25, -0.2) is 0 Å². The van der Waals surface area contributed by atoms with Gasteiger partial charge in [-0.2, -0.15) is 0 Å². The van der Waals surface area contributed by atoms with Crippen molar-refractivity contribution in [2.24, 2.45) is 5.73 Å². The van der Waals surface area contributed by atoms with E-state index in [0.717, 1.165) is 6.54 Å². The minimum Gasteiger partial charge on any atom is -0.331 e. The summed E-state index contributed by atoms with van der Waals surface area (Å²) < 4.78 is 0. The highest BCUT2D eigenvalue weighted by atomic mass is 15.0. The van der Waals surface area contributed by atoms with E-state index in [4.69, 9.17) is 5.73 Å². The summed E-state index contributed by atoms with van der Waals surface area (Å²) in [6.07, 6.45) is 0. The molecular formula is C7H23N3. The Morgan fingerprint density at radius 2 is 1.20 bits per heavy atom. The van der Waals surface area contributed by atoms with Crippen molar-refractivity contribution in [1.29, 1.82) is 0 Å². The third-order valence-electron chi connectivity index (χ3n) is 0. The van der Waals surface area contributed by atoms with Crippen molar-refractivity contribution in [1.82, 2.24) is 10.2 Å². The van der Waals surface area contributed by atoms with Gasteiger partial charge in [0.25, 0.3) is 0 Å². The zero-order valence-corrected chi connectivity index (χ0v) is 8.23. The Labute approximate surface area is 65.6 Å². The molecule has 0 aromatic heterocycles. The summed E-state index contributed by atoms with van der Waals surface area (Å²) in [4.78, 5) is 2.00. The van der Waals surface area contributed by atoms with Gasteiger partial charge < -0.3 is 16.0 Å². The molecule has 0 aromatic rings. The van der Waals surface area contributed by atoms with Crippen LogP contribution < -0.4 is 11.1 Å². The van der Waals surface area contributed by atoms with Gasteiger partial charge in [0, 0.05) is 0 Å². The van der Waals surface area contributed by atoms with E-state index in [2.05, 4.69) is 5.32 Å². The van der Waals surface area contributed by atoms with Gasteiger partial charge in [0.1, 0.15) is 0 Å². The molecule has 66 valence electrons. The van der Waals surface area contributed by atoms with E-state index in [1.165, 1.54) is 0 Å². The van der Waals surface area contributed by atoms with Crippen LogP contribution in [0.2, 0.25) is 0 Å². The van der Waals surface area contributed by atoms with Gasteiger partial charge in [0.15, 0.2) is 0 Å². The summed E-state index contributed by atoms with van der Waals surface area (Å²) in [7, 11) is 9.75. The lowest BCUT2D eigenvalue weighted by atomic mass is 10.8. The Morgan fingerprint density at radius 1 is 1.20 bits per heavy atom. The maximum absolute atomic E-state index is 4.85. The number of rotatable bonds is 0. The first-order chi connectivity index (χ1) is 4.56. The molecule has 0 unspecified atom stereocenters. The van der Waals surface area contributed by atoms with Gasteiger partial charge >= 0.3 is 0 Å². The third kappa shape index (κ3) is 25900. The first-order valence-electron chi connectivity index (χ1n) is 3.46. The Hall–Kier alpha value is -0.120. The molecule has 0 aliphatic rings. The summed E-state index contributed by atoms with van der Waals surface area (Å²) in [6, 6.07) is 0. The average Bonchev–Trinajstić information content (AvgIpc) is 1.65. The molecular weight excluding hydrogens is 126 g/mol. The molecule has 0 amide bonds. The SMILES string of the molecule is CCN.CN(C)C.CNC. The lowest BCUT2D eigenvalue weighted by Gasteiger charge is -1.90. The second kappa shape index (κ2) is 23.2. The van der Waals surface area contributed by atoms with Crippen LogP contribution in [-0.2, 0) is 0 Å². The first kappa shape index (κ1) is 16.5. The predicted molar refractivity (Wildman–Crippen MR) is 49.3 cm³/mol. The number of nitrogens with zero attached hydrogens (tertiary/aromatic N) is 1. The van der Waals surface area contributed by atoms with Crippen molar-refractivity contribution < 1.29 is 0 Å². The van der Waals surface area contributed by atoms with Crippen LogP contribution in [0.3, 0.4) is 0 Å². The van der Waals surface area contributed by atoms with Crippen LogP contribution in [0.5, 0.6) is 0 Å². The van der Waals surface area contributed by atoms with Crippen LogP contribution in [0.15, 0.2) is 0 Å². The van der Waals surface area contributed by atoms with Gasteiger partial charge in [-0.3, -0.25) is 0 Å². The predicted octanol–water partition coefficient (Wildman–Crippen LogP) is -0.0216. The standard InChI is InChI=1S/C3H9N.2C2H7N/c1-4(2)3;1-3-2;1-2-3/h1-3H3;3H,1-2H3;2-3H2,1H3.